The molecule has 0 aliphatic rings. The first-order chi connectivity index (χ1) is 7.38. The van der Waals surface area contributed by atoms with Crippen molar-refractivity contribution in [3.63, 3.8) is 0 Å². The van der Waals surface area contributed by atoms with E-state index in [-0.39, 0.29) is 17.2 Å². The highest BCUT2D eigenvalue weighted by Crippen LogP contribution is 2.28. The minimum Gasteiger partial charge on any atom is -0.396 e. The van der Waals surface area contributed by atoms with Crippen molar-refractivity contribution in [2.45, 2.75) is 4.90 Å². The van der Waals surface area contributed by atoms with E-state index < -0.39 is 9.84 Å². The number of aliphatic hydroxyl groups is 1. The van der Waals surface area contributed by atoms with E-state index in [2.05, 4.69) is 0 Å². The third-order valence-corrected chi connectivity index (χ3v) is 3.44. The highest BCUT2D eigenvalue weighted by Gasteiger charge is 2.15. The number of rotatable bonds is 4. The average Bonchev–Trinajstić information content (AvgIpc) is 2.16. The Kier molecular flexibility index (Phi) is 3.77. The maximum Gasteiger partial charge on any atom is 0.177 e. The smallest absolute Gasteiger partial charge is 0.177 e. The molecule has 0 atom stereocenters. The molecule has 3 N–H and O–H groups in total. The number of nitrogens with two attached hydrogens (primary N) is 1. The fourth-order valence-electron chi connectivity index (χ4n) is 1.46. The van der Waals surface area contributed by atoms with Gasteiger partial charge in [0.15, 0.2) is 9.84 Å². The summed E-state index contributed by atoms with van der Waals surface area (Å²) >= 11 is 0. The highest BCUT2D eigenvalue weighted by molar-refractivity contribution is 7.90. The first kappa shape index (κ1) is 12.8. The van der Waals surface area contributed by atoms with Crippen LogP contribution in [-0.4, -0.2) is 40.0 Å². The van der Waals surface area contributed by atoms with Crippen LogP contribution in [0.5, 0.6) is 0 Å². The number of nitrogen functional groups attached to an aromatic ring is 1. The summed E-state index contributed by atoms with van der Waals surface area (Å²) in [5.41, 5.74) is 6.63. The summed E-state index contributed by atoms with van der Waals surface area (Å²) in [6.07, 6.45) is 1.12. The van der Waals surface area contributed by atoms with Crippen molar-refractivity contribution in [1.82, 2.24) is 0 Å². The molecule has 1 aromatic rings. The van der Waals surface area contributed by atoms with E-state index in [0.717, 1.165) is 6.26 Å². The SMILES string of the molecule is CN(CCO)c1cccc(S(C)(=O)=O)c1N. The van der Waals surface area contributed by atoms with Crippen LogP contribution in [0, 0.1) is 0 Å². The Morgan fingerprint density at radius 1 is 1.44 bits per heavy atom. The molecule has 0 bridgehead atoms. The lowest BCUT2D eigenvalue weighted by molar-refractivity contribution is 0.304. The summed E-state index contributed by atoms with van der Waals surface area (Å²) < 4.78 is 22.9. The normalized spacial score (nSPS) is 11.4. The molecule has 0 heterocycles. The molecule has 0 fully saturated rings. The van der Waals surface area contributed by atoms with Gasteiger partial charge in [-0.05, 0) is 12.1 Å². The second-order valence-corrected chi connectivity index (χ2v) is 5.59. The number of nitrogens with zero attached hydrogens (tertiary/aromatic N) is 1. The molecule has 0 saturated heterocycles. The Morgan fingerprint density at radius 3 is 2.56 bits per heavy atom. The molecule has 0 amide bonds. The Morgan fingerprint density at radius 2 is 2.06 bits per heavy atom. The summed E-state index contributed by atoms with van der Waals surface area (Å²) in [7, 11) is -1.57. The van der Waals surface area contributed by atoms with Gasteiger partial charge in [-0.2, -0.15) is 0 Å². The number of hydrogen-bond acceptors (Lipinski definition) is 5. The molecular weight excluding hydrogens is 228 g/mol. The number of aliphatic hydroxyl groups excluding tert-OH is 1. The predicted octanol–water partition coefficient (Wildman–Crippen LogP) is 0.101. The Balaban J connectivity index is 3.24. The molecule has 1 rings (SSSR count). The molecule has 1 aromatic carbocycles. The summed E-state index contributed by atoms with van der Waals surface area (Å²) in [6, 6.07) is 4.83. The van der Waals surface area contributed by atoms with Crippen molar-refractivity contribution >= 4 is 21.2 Å². The lowest BCUT2D eigenvalue weighted by Crippen LogP contribution is -2.22. The van der Waals surface area contributed by atoms with E-state index in [4.69, 9.17) is 10.8 Å². The van der Waals surface area contributed by atoms with Crippen LogP contribution in [0.4, 0.5) is 11.4 Å². The predicted molar refractivity (Wildman–Crippen MR) is 64.3 cm³/mol. The van der Waals surface area contributed by atoms with Crippen LogP contribution in [0.2, 0.25) is 0 Å². The van der Waals surface area contributed by atoms with Crippen LogP contribution in [0.15, 0.2) is 23.1 Å². The van der Waals surface area contributed by atoms with Crippen molar-refractivity contribution in [2.24, 2.45) is 0 Å². The largest absolute Gasteiger partial charge is 0.396 e. The molecule has 0 aliphatic heterocycles. The third-order valence-electron chi connectivity index (χ3n) is 2.29. The van der Waals surface area contributed by atoms with Gasteiger partial charge >= 0.3 is 0 Å². The first-order valence-corrected chi connectivity index (χ1v) is 6.67. The van der Waals surface area contributed by atoms with Gasteiger partial charge < -0.3 is 15.7 Å². The summed E-state index contributed by atoms with van der Waals surface area (Å²) in [4.78, 5) is 1.83. The lowest BCUT2D eigenvalue weighted by atomic mass is 10.2. The van der Waals surface area contributed by atoms with Crippen LogP contribution < -0.4 is 10.6 Å². The molecule has 6 heteroatoms. The molecular formula is C10H16N2O3S. The summed E-state index contributed by atoms with van der Waals surface area (Å²) in [6.45, 7) is 0.385. The molecule has 0 aromatic heterocycles. The maximum absolute atomic E-state index is 11.4. The molecule has 90 valence electrons. The van der Waals surface area contributed by atoms with E-state index in [9.17, 15) is 8.42 Å². The molecule has 0 unspecified atom stereocenters. The third kappa shape index (κ3) is 2.65. The van der Waals surface area contributed by atoms with Crippen molar-refractivity contribution in [2.75, 3.05) is 37.1 Å². The Labute approximate surface area is 95.4 Å². The lowest BCUT2D eigenvalue weighted by Gasteiger charge is -2.21. The fraction of sp³-hybridized carbons (Fsp3) is 0.400. The zero-order valence-electron chi connectivity index (χ0n) is 9.34. The molecule has 0 radical (unpaired) electrons. The fourth-order valence-corrected chi connectivity index (χ4v) is 2.29. The van der Waals surface area contributed by atoms with Crippen molar-refractivity contribution in [1.29, 1.82) is 0 Å². The zero-order chi connectivity index (χ0) is 12.3. The average molecular weight is 244 g/mol. The summed E-state index contributed by atoms with van der Waals surface area (Å²) in [5.74, 6) is 0. The Hall–Kier alpha value is -1.27. The van der Waals surface area contributed by atoms with Gasteiger partial charge in [0.05, 0.1) is 22.9 Å². The van der Waals surface area contributed by atoms with Gasteiger partial charge in [0.2, 0.25) is 0 Å². The van der Waals surface area contributed by atoms with Crippen LogP contribution in [0.1, 0.15) is 0 Å². The molecule has 16 heavy (non-hydrogen) atoms. The van der Waals surface area contributed by atoms with Gasteiger partial charge in [-0.1, -0.05) is 6.07 Å². The van der Waals surface area contributed by atoms with Crippen molar-refractivity contribution < 1.29 is 13.5 Å². The van der Waals surface area contributed by atoms with Gasteiger partial charge in [0, 0.05) is 19.8 Å². The quantitative estimate of drug-likeness (QED) is 0.734. The first-order valence-electron chi connectivity index (χ1n) is 4.78. The van der Waals surface area contributed by atoms with E-state index in [1.54, 1.807) is 24.1 Å². The second-order valence-electron chi connectivity index (χ2n) is 3.61. The maximum atomic E-state index is 11.4. The van der Waals surface area contributed by atoms with Gasteiger partial charge in [-0.25, -0.2) is 8.42 Å². The zero-order valence-corrected chi connectivity index (χ0v) is 10.2. The molecule has 5 nitrogen and oxygen atoms in total. The van der Waals surface area contributed by atoms with Gasteiger partial charge in [0.1, 0.15) is 0 Å². The number of benzene rings is 1. The standard InChI is InChI=1S/C10H16N2O3S/c1-12(6-7-13)8-4-3-5-9(10(8)11)16(2,14)15/h3-5,13H,6-7,11H2,1-2H3. The number of sulfone groups is 1. The number of hydrogen-bond donors (Lipinski definition) is 2. The van der Waals surface area contributed by atoms with E-state index in [1.807, 2.05) is 0 Å². The molecule has 0 aliphatic carbocycles. The second kappa shape index (κ2) is 4.71. The number of para-hydroxylation sites is 1. The minimum atomic E-state index is -3.32. The Bertz CT molecular complexity index is 471. The van der Waals surface area contributed by atoms with E-state index in [0.29, 0.717) is 12.2 Å². The number of likely N-dealkylation sites (N-methyl/N-ethyl adjacent to an activating group) is 1. The topological polar surface area (TPSA) is 83.6 Å². The minimum absolute atomic E-state index is 0.0148. The van der Waals surface area contributed by atoms with Crippen LogP contribution >= 0.6 is 0 Å². The molecule has 0 spiro atoms. The highest BCUT2D eigenvalue weighted by atomic mass is 32.2. The van der Waals surface area contributed by atoms with Gasteiger partial charge in [-0.15, -0.1) is 0 Å². The number of anilines is 2. The monoisotopic (exact) mass is 244 g/mol. The van der Waals surface area contributed by atoms with Crippen LogP contribution in [0.3, 0.4) is 0 Å². The van der Waals surface area contributed by atoms with Crippen LogP contribution in [-0.2, 0) is 9.84 Å². The van der Waals surface area contributed by atoms with Crippen LogP contribution in [0.25, 0.3) is 0 Å². The van der Waals surface area contributed by atoms with Crippen molar-refractivity contribution in [3.05, 3.63) is 18.2 Å². The van der Waals surface area contributed by atoms with E-state index >= 15 is 0 Å². The van der Waals surface area contributed by atoms with Gasteiger partial charge in [0.25, 0.3) is 0 Å². The van der Waals surface area contributed by atoms with Gasteiger partial charge in [-0.3, -0.25) is 0 Å². The van der Waals surface area contributed by atoms with E-state index in [1.165, 1.54) is 6.07 Å². The molecule has 0 saturated carbocycles. The van der Waals surface area contributed by atoms with Crippen molar-refractivity contribution in [3.8, 4) is 0 Å². The summed E-state index contributed by atoms with van der Waals surface area (Å²) in [5, 5.41) is 8.82.